The van der Waals surface area contributed by atoms with Crippen LogP contribution in [0.15, 0.2) is 23.4 Å². The van der Waals surface area contributed by atoms with Crippen LogP contribution in [0.3, 0.4) is 0 Å². The minimum absolute atomic E-state index is 0.0248. The maximum Gasteiger partial charge on any atom is 0.269 e. The summed E-state index contributed by atoms with van der Waals surface area (Å²) in [6.07, 6.45) is 5.57. The molecular weight excluding hydrogens is 438 g/mol. The molecular formula is C20H24ClN7O4. The van der Waals surface area contributed by atoms with Crippen molar-refractivity contribution in [1.82, 2.24) is 25.1 Å². The highest BCUT2D eigenvalue weighted by Crippen LogP contribution is 2.23. The molecule has 4 heterocycles. The van der Waals surface area contributed by atoms with Crippen LogP contribution >= 0.6 is 11.6 Å². The lowest BCUT2D eigenvalue weighted by Gasteiger charge is -2.34. The number of H-pyrrole nitrogens is 1. The van der Waals surface area contributed by atoms with Gasteiger partial charge in [0.25, 0.3) is 5.56 Å². The first-order chi connectivity index (χ1) is 15.5. The second-order valence-corrected chi connectivity index (χ2v) is 7.98. The first-order valence-corrected chi connectivity index (χ1v) is 10.9. The second kappa shape index (κ2) is 10.0. The molecule has 0 bridgehead atoms. The van der Waals surface area contributed by atoms with Crippen molar-refractivity contribution in [2.24, 2.45) is 0 Å². The third kappa shape index (κ3) is 5.05. The zero-order valence-corrected chi connectivity index (χ0v) is 18.3. The fourth-order valence-electron chi connectivity index (χ4n) is 3.83. The van der Waals surface area contributed by atoms with Crippen LogP contribution in [0, 0.1) is 0 Å². The molecule has 2 aliphatic heterocycles. The van der Waals surface area contributed by atoms with Gasteiger partial charge in [-0.1, -0.05) is 11.6 Å². The molecule has 2 aromatic rings. The smallest absolute Gasteiger partial charge is 0.269 e. The summed E-state index contributed by atoms with van der Waals surface area (Å²) in [5, 5.41) is 6.68. The van der Waals surface area contributed by atoms with Crippen LogP contribution < -0.4 is 15.4 Å². The largest absolute Gasteiger partial charge is 0.379 e. The summed E-state index contributed by atoms with van der Waals surface area (Å²) in [6, 6.07) is 0. The Morgan fingerprint density at radius 1 is 1.06 bits per heavy atom. The fourth-order valence-corrected chi connectivity index (χ4v) is 3.93. The van der Waals surface area contributed by atoms with Gasteiger partial charge < -0.3 is 19.4 Å². The second-order valence-electron chi connectivity index (χ2n) is 7.54. The fraction of sp³-hybridized carbons (Fsp3) is 0.500. The van der Waals surface area contributed by atoms with E-state index in [0.717, 1.165) is 0 Å². The van der Waals surface area contributed by atoms with Crippen molar-refractivity contribution < 1.29 is 14.3 Å². The lowest BCUT2D eigenvalue weighted by Crippen LogP contribution is -2.49. The number of hydrogen-bond acceptors (Lipinski definition) is 8. The number of aromatic nitrogens is 4. The molecule has 12 heteroatoms. The molecule has 0 atom stereocenters. The molecule has 0 unspecified atom stereocenters. The Hall–Kier alpha value is -3.05. The lowest BCUT2D eigenvalue weighted by atomic mass is 10.0. The van der Waals surface area contributed by atoms with Gasteiger partial charge in [-0.25, -0.2) is 15.1 Å². The Labute approximate surface area is 189 Å². The maximum absolute atomic E-state index is 12.5. The summed E-state index contributed by atoms with van der Waals surface area (Å²) in [6.45, 7) is 3.33. The molecule has 2 aromatic heterocycles. The van der Waals surface area contributed by atoms with E-state index in [4.69, 9.17) is 16.3 Å². The number of rotatable bonds is 7. The van der Waals surface area contributed by atoms with Crippen molar-refractivity contribution in [3.63, 3.8) is 0 Å². The van der Waals surface area contributed by atoms with Gasteiger partial charge in [0.15, 0.2) is 0 Å². The normalized spacial score (nSPS) is 16.3. The molecule has 0 radical (unpaired) electrons. The number of piperazine rings is 1. The van der Waals surface area contributed by atoms with Crippen molar-refractivity contribution in [2.75, 3.05) is 55.7 Å². The van der Waals surface area contributed by atoms with E-state index in [2.05, 4.69) is 20.2 Å². The Kier molecular flexibility index (Phi) is 6.96. The number of carbonyl (C=O) groups excluding carboxylic acids is 2. The Balaban J connectivity index is 1.18. The van der Waals surface area contributed by atoms with Crippen molar-refractivity contribution in [3.8, 4) is 0 Å². The zero-order chi connectivity index (χ0) is 22.5. The Bertz CT molecular complexity index is 1020. The highest BCUT2D eigenvalue weighted by molar-refractivity contribution is 6.30. The van der Waals surface area contributed by atoms with E-state index in [9.17, 15) is 14.4 Å². The monoisotopic (exact) mass is 461 g/mol. The van der Waals surface area contributed by atoms with Gasteiger partial charge in [-0.3, -0.25) is 14.4 Å². The minimum atomic E-state index is -0.269. The average molecular weight is 462 g/mol. The zero-order valence-electron chi connectivity index (χ0n) is 17.5. The van der Waals surface area contributed by atoms with E-state index in [1.807, 2.05) is 4.90 Å². The average Bonchev–Trinajstić information content (AvgIpc) is 2.81. The molecule has 1 saturated heterocycles. The molecule has 0 aliphatic carbocycles. The maximum atomic E-state index is 12.5. The molecule has 0 saturated carbocycles. The number of ether oxygens (including phenoxy) is 1. The molecule has 11 nitrogen and oxygen atoms in total. The molecule has 170 valence electrons. The molecule has 32 heavy (non-hydrogen) atoms. The van der Waals surface area contributed by atoms with Gasteiger partial charge in [0, 0.05) is 44.7 Å². The number of carbonyl (C=O) groups is 2. The number of hydrogen-bond donors (Lipinski definition) is 1. The molecule has 1 fully saturated rings. The summed E-state index contributed by atoms with van der Waals surface area (Å²) >= 11 is 5.82. The van der Waals surface area contributed by atoms with Crippen molar-refractivity contribution in [3.05, 3.63) is 39.5 Å². The van der Waals surface area contributed by atoms with E-state index in [0.29, 0.717) is 61.4 Å². The first kappa shape index (κ1) is 22.2. The summed E-state index contributed by atoms with van der Waals surface area (Å²) in [7, 11) is 0. The van der Waals surface area contributed by atoms with Crippen LogP contribution in [0.5, 0.6) is 0 Å². The van der Waals surface area contributed by atoms with Crippen LogP contribution in [0.4, 0.5) is 11.6 Å². The number of nitrogens with zero attached hydrogens (tertiary/aromatic N) is 6. The van der Waals surface area contributed by atoms with Gasteiger partial charge in [-0.15, -0.1) is 0 Å². The number of nitrogens with one attached hydrogen (secondary N) is 1. The third-order valence-electron chi connectivity index (χ3n) is 5.56. The van der Waals surface area contributed by atoms with E-state index in [1.54, 1.807) is 17.3 Å². The summed E-state index contributed by atoms with van der Waals surface area (Å²) in [5.74, 6) is 0.569. The Morgan fingerprint density at radius 2 is 1.81 bits per heavy atom. The molecule has 2 aliphatic rings. The summed E-state index contributed by atoms with van der Waals surface area (Å²) in [4.78, 5) is 50.4. The van der Waals surface area contributed by atoms with Gasteiger partial charge in [0.05, 0.1) is 48.9 Å². The predicted molar refractivity (Wildman–Crippen MR) is 117 cm³/mol. The number of aromatic amines is 1. The topological polar surface area (TPSA) is 125 Å². The van der Waals surface area contributed by atoms with Crippen molar-refractivity contribution in [2.45, 2.75) is 19.3 Å². The van der Waals surface area contributed by atoms with Crippen LogP contribution in [-0.4, -0.2) is 82.8 Å². The Morgan fingerprint density at radius 3 is 2.56 bits per heavy atom. The summed E-state index contributed by atoms with van der Waals surface area (Å²) < 4.78 is 5.60. The molecule has 0 spiro atoms. The molecule has 2 amide bonds. The molecule has 4 rings (SSSR count). The first-order valence-electron chi connectivity index (χ1n) is 10.5. The third-order valence-corrected chi connectivity index (χ3v) is 5.75. The van der Waals surface area contributed by atoms with Crippen molar-refractivity contribution in [1.29, 1.82) is 0 Å². The van der Waals surface area contributed by atoms with E-state index < -0.39 is 0 Å². The quantitative estimate of drug-likeness (QED) is 0.582. The van der Waals surface area contributed by atoms with Crippen LogP contribution in [-0.2, 0) is 20.7 Å². The van der Waals surface area contributed by atoms with E-state index >= 15 is 0 Å². The predicted octanol–water partition coefficient (Wildman–Crippen LogP) is 0.248. The lowest BCUT2D eigenvalue weighted by molar-refractivity contribution is -0.132. The standard InChI is InChI=1S/C20H24ClN7O4/c21-14-11-22-20(23-12-14)27-6-4-26(5-7-27)17(29)3-9-32-10-8-28-16-13-24-25-19(31)15(16)1-2-18(28)30/h11-13H,1-10H2,(H,25,31). The van der Waals surface area contributed by atoms with E-state index in [-0.39, 0.29) is 43.4 Å². The highest BCUT2D eigenvalue weighted by Gasteiger charge is 2.26. The molecule has 1 N–H and O–H groups in total. The van der Waals surface area contributed by atoms with Gasteiger partial charge in [0.2, 0.25) is 17.8 Å². The summed E-state index contributed by atoms with van der Waals surface area (Å²) in [5.41, 5.74) is 0.833. The number of anilines is 2. The minimum Gasteiger partial charge on any atom is -0.379 e. The van der Waals surface area contributed by atoms with Gasteiger partial charge in [0.1, 0.15) is 0 Å². The van der Waals surface area contributed by atoms with Gasteiger partial charge >= 0.3 is 0 Å². The van der Waals surface area contributed by atoms with Crippen LogP contribution in [0.1, 0.15) is 18.4 Å². The van der Waals surface area contributed by atoms with Crippen LogP contribution in [0.2, 0.25) is 5.02 Å². The SMILES string of the molecule is O=C(CCOCCN1C(=O)CCc2c1cn[nH]c2=O)N1CCN(c2ncc(Cl)cn2)CC1. The molecule has 0 aromatic carbocycles. The van der Waals surface area contributed by atoms with Crippen molar-refractivity contribution >= 4 is 35.1 Å². The highest BCUT2D eigenvalue weighted by atomic mass is 35.5. The van der Waals surface area contributed by atoms with Crippen LogP contribution in [0.25, 0.3) is 0 Å². The number of halogens is 1. The van der Waals surface area contributed by atoms with Gasteiger partial charge in [-0.05, 0) is 6.42 Å². The number of amides is 2. The van der Waals surface area contributed by atoms with Gasteiger partial charge in [-0.2, -0.15) is 5.10 Å². The van der Waals surface area contributed by atoms with E-state index in [1.165, 1.54) is 11.1 Å². The number of fused-ring (bicyclic) bond motifs is 1.